The van der Waals surface area contributed by atoms with E-state index in [-0.39, 0.29) is 17.0 Å². The average molecular weight is 402 g/mol. The summed E-state index contributed by atoms with van der Waals surface area (Å²) in [6, 6.07) is 12.1. The second kappa shape index (κ2) is 8.43. The van der Waals surface area contributed by atoms with Gasteiger partial charge in [0.05, 0.1) is 25.5 Å². The van der Waals surface area contributed by atoms with Gasteiger partial charge in [-0.05, 0) is 42.6 Å². The highest BCUT2D eigenvalue weighted by molar-refractivity contribution is 6.74. The molecule has 5 heteroatoms. The second-order valence-corrected chi connectivity index (χ2v) is 14.1. The van der Waals surface area contributed by atoms with Gasteiger partial charge in [-0.1, -0.05) is 51.1 Å². The van der Waals surface area contributed by atoms with E-state index >= 15 is 0 Å². The fourth-order valence-electron chi connectivity index (χ4n) is 3.04. The Morgan fingerprint density at radius 3 is 2.43 bits per heavy atom. The molecule has 0 spiro atoms. The highest BCUT2D eigenvalue weighted by Gasteiger charge is 2.37. The smallest absolute Gasteiger partial charge is 0.192 e. The van der Waals surface area contributed by atoms with Gasteiger partial charge in [-0.2, -0.15) is 0 Å². The molecule has 0 N–H and O–H groups in total. The molecule has 0 unspecified atom stereocenters. The Morgan fingerprint density at radius 1 is 1.11 bits per heavy atom. The average Bonchev–Trinajstić information content (AvgIpc) is 2.60. The molecular weight excluding hydrogens is 369 g/mol. The molecule has 1 heterocycles. The predicted molar refractivity (Wildman–Crippen MR) is 113 cm³/mol. The number of rotatable bonds is 7. The normalized spacial score (nSPS) is 20.1. The van der Waals surface area contributed by atoms with Crippen molar-refractivity contribution in [2.75, 3.05) is 0 Å². The minimum absolute atomic E-state index is 0.108. The third kappa shape index (κ3) is 5.07. The Hall–Kier alpha value is -1.56. The molecule has 1 aliphatic rings. The van der Waals surface area contributed by atoms with Crippen molar-refractivity contribution in [2.24, 2.45) is 0 Å². The van der Waals surface area contributed by atoms with E-state index in [1.165, 1.54) is 11.8 Å². The predicted octanol–water partition coefficient (Wildman–Crippen LogP) is 6.21. The van der Waals surface area contributed by atoms with Crippen LogP contribution < -0.4 is 0 Å². The van der Waals surface area contributed by atoms with E-state index < -0.39 is 8.32 Å². The molecule has 0 atom stereocenters. The number of benzene rings is 1. The maximum Gasteiger partial charge on any atom is 0.192 e. The minimum Gasteiger partial charge on any atom is -0.412 e. The molecule has 0 radical (unpaired) electrons. The number of pyridine rings is 1. The Kier molecular flexibility index (Phi) is 6.37. The van der Waals surface area contributed by atoms with Gasteiger partial charge in [0.1, 0.15) is 5.82 Å². The summed E-state index contributed by atoms with van der Waals surface area (Å²) in [4.78, 5) is 4.33. The molecule has 1 aliphatic carbocycles. The van der Waals surface area contributed by atoms with Crippen molar-refractivity contribution in [2.45, 2.75) is 77.0 Å². The van der Waals surface area contributed by atoms with Gasteiger partial charge in [0.25, 0.3) is 0 Å². The molecule has 28 heavy (non-hydrogen) atoms. The number of nitrogens with zero attached hydrogens (tertiary/aromatic N) is 1. The lowest BCUT2D eigenvalue weighted by atomic mass is 9.79. The quantitative estimate of drug-likeness (QED) is 0.517. The molecule has 0 amide bonds. The first-order valence-corrected chi connectivity index (χ1v) is 13.0. The van der Waals surface area contributed by atoms with Crippen LogP contribution in [0.3, 0.4) is 0 Å². The van der Waals surface area contributed by atoms with Crippen molar-refractivity contribution < 1.29 is 13.6 Å². The van der Waals surface area contributed by atoms with Crippen LogP contribution in [0.5, 0.6) is 0 Å². The maximum absolute atomic E-state index is 14.3. The van der Waals surface area contributed by atoms with Crippen molar-refractivity contribution in [1.29, 1.82) is 0 Å². The van der Waals surface area contributed by atoms with Crippen LogP contribution in [-0.4, -0.2) is 19.4 Å². The van der Waals surface area contributed by atoms with Crippen LogP contribution >= 0.6 is 0 Å². The maximum atomic E-state index is 14.3. The number of ether oxygens (including phenoxy) is 1. The summed E-state index contributed by atoms with van der Waals surface area (Å²) in [5.41, 5.74) is 2.76. The number of aromatic nitrogens is 1. The minimum atomic E-state index is -1.91. The van der Waals surface area contributed by atoms with E-state index in [1.54, 1.807) is 0 Å². The van der Waals surface area contributed by atoms with Gasteiger partial charge < -0.3 is 9.16 Å². The summed E-state index contributed by atoms with van der Waals surface area (Å²) in [5, 5.41) is 0.108. The molecule has 3 rings (SSSR count). The van der Waals surface area contributed by atoms with Crippen molar-refractivity contribution in [3.05, 3.63) is 65.2 Å². The van der Waals surface area contributed by atoms with Crippen molar-refractivity contribution in [1.82, 2.24) is 4.98 Å². The Balaban J connectivity index is 1.54. The van der Waals surface area contributed by atoms with Crippen LogP contribution in [0.4, 0.5) is 4.39 Å². The van der Waals surface area contributed by atoms with Gasteiger partial charge in [-0.25, -0.2) is 4.39 Å². The SMILES string of the molecule is CC(C)(C)[Si](C)(C)OCc1cc(C2CC(OCc3ccccc3)C2)ncc1F. The highest BCUT2D eigenvalue weighted by atomic mass is 28.4. The van der Waals surface area contributed by atoms with E-state index in [1.807, 2.05) is 24.3 Å². The van der Waals surface area contributed by atoms with Gasteiger partial charge in [0.2, 0.25) is 0 Å². The van der Waals surface area contributed by atoms with Crippen LogP contribution in [0.15, 0.2) is 42.6 Å². The number of hydrogen-bond donors (Lipinski definition) is 0. The zero-order valence-corrected chi connectivity index (χ0v) is 18.7. The standard InChI is InChI=1S/C23H32FNO2Si/c1-23(2,3)28(4,5)27-16-19-13-22(25-14-21(19)24)18-11-20(12-18)26-15-17-9-7-6-8-10-17/h6-10,13-14,18,20H,11-12,15-16H2,1-5H3. The van der Waals surface area contributed by atoms with Gasteiger partial charge >= 0.3 is 0 Å². The lowest BCUT2D eigenvalue weighted by molar-refractivity contribution is -0.0215. The van der Waals surface area contributed by atoms with Crippen LogP contribution in [-0.2, 0) is 22.4 Å². The van der Waals surface area contributed by atoms with E-state index in [0.717, 1.165) is 18.5 Å². The molecule has 0 aliphatic heterocycles. The molecule has 0 bridgehead atoms. The Morgan fingerprint density at radius 2 is 1.79 bits per heavy atom. The third-order valence-corrected chi connectivity index (χ3v) is 10.7. The topological polar surface area (TPSA) is 31.4 Å². The molecule has 2 aromatic rings. The van der Waals surface area contributed by atoms with E-state index in [2.05, 4.69) is 51.0 Å². The van der Waals surface area contributed by atoms with Gasteiger partial charge in [-0.3, -0.25) is 4.98 Å². The van der Waals surface area contributed by atoms with Gasteiger partial charge in [-0.15, -0.1) is 0 Å². The highest BCUT2D eigenvalue weighted by Crippen LogP contribution is 2.39. The summed E-state index contributed by atoms with van der Waals surface area (Å²) < 4.78 is 26.4. The van der Waals surface area contributed by atoms with E-state index in [9.17, 15) is 4.39 Å². The third-order valence-electron chi connectivity index (χ3n) is 6.19. The summed E-state index contributed by atoms with van der Waals surface area (Å²) in [5.74, 6) is 0.0617. The molecule has 1 aromatic carbocycles. The van der Waals surface area contributed by atoms with E-state index in [0.29, 0.717) is 24.7 Å². The molecule has 0 saturated heterocycles. The molecular formula is C23H32FNO2Si. The first kappa shape index (κ1) is 21.2. The monoisotopic (exact) mass is 401 g/mol. The zero-order valence-electron chi connectivity index (χ0n) is 17.7. The van der Waals surface area contributed by atoms with Crippen molar-refractivity contribution in [3.63, 3.8) is 0 Å². The van der Waals surface area contributed by atoms with Crippen LogP contribution in [0.1, 0.15) is 56.4 Å². The summed E-state index contributed by atoms with van der Waals surface area (Å²) >= 11 is 0. The molecule has 152 valence electrons. The molecule has 3 nitrogen and oxygen atoms in total. The summed E-state index contributed by atoms with van der Waals surface area (Å²) in [6.07, 6.45) is 3.48. The van der Waals surface area contributed by atoms with E-state index in [4.69, 9.17) is 9.16 Å². The van der Waals surface area contributed by atoms with Crippen molar-refractivity contribution in [3.8, 4) is 0 Å². The first-order valence-electron chi connectivity index (χ1n) is 10.1. The zero-order chi connectivity index (χ0) is 20.4. The Labute approximate surface area is 169 Å². The second-order valence-electron chi connectivity index (χ2n) is 9.34. The largest absolute Gasteiger partial charge is 0.412 e. The summed E-state index contributed by atoms with van der Waals surface area (Å²) in [6.45, 7) is 11.9. The number of hydrogen-bond acceptors (Lipinski definition) is 3. The molecule has 1 aromatic heterocycles. The van der Waals surface area contributed by atoms with Gasteiger partial charge in [0, 0.05) is 17.2 Å². The van der Waals surface area contributed by atoms with Crippen LogP contribution in [0.2, 0.25) is 18.1 Å². The number of halogens is 1. The lowest BCUT2D eigenvalue weighted by Crippen LogP contribution is -2.40. The Bertz CT molecular complexity index is 783. The first-order chi connectivity index (χ1) is 13.2. The lowest BCUT2D eigenvalue weighted by Gasteiger charge is -2.36. The van der Waals surface area contributed by atoms with Crippen molar-refractivity contribution >= 4 is 8.32 Å². The fraction of sp³-hybridized carbons (Fsp3) is 0.522. The molecule has 1 saturated carbocycles. The molecule has 1 fully saturated rings. The van der Waals surface area contributed by atoms with Crippen LogP contribution in [0.25, 0.3) is 0 Å². The van der Waals surface area contributed by atoms with Crippen LogP contribution in [0, 0.1) is 5.82 Å². The fourth-order valence-corrected chi connectivity index (χ4v) is 3.99. The summed E-state index contributed by atoms with van der Waals surface area (Å²) in [7, 11) is -1.91. The van der Waals surface area contributed by atoms with Gasteiger partial charge in [0.15, 0.2) is 8.32 Å².